The van der Waals surface area contributed by atoms with Crippen molar-refractivity contribution in [1.82, 2.24) is 10.2 Å². The number of benzene rings is 3. The maximum atomic E-state index is 13.6. The van der Waals surface area contributed by atoms with Crippen LogP contribution in [0.1, 0.15) is 25.0 Å². The van der Waals surface area contributed by atoms with E-state index in [0.29, 0.717) is 34.1 Å². The third-order valence-electron chi connectivity index (χ3n) is 5.40. The molecule has 0 saturated heterocycles. The van der Waals surface area contributed by atoms with E-state index in [2.05, 4.69) is 21.2 Å². The van der Waals surface area contributed by atoms with Crippen LogP contribution >= 0.6 is 27.5 Å². The van der Waals surface area contributed by atoms with Gasteiger partial charge in [0, 0.05) is 24.5 Å². The van der Waals surface area contributed by atoms with E-state index in [-0.39, 0.29) is 25.0 Å². The number of hydrogen-bond donors (Lipinski definition) is 1. The molecule has 0 aliphatic carbocycles. The largest absolute Gasteiger partial charge is 0.483 e. The van der Waals surface area contributed by atoms with Crippen LogP contribution in [0.15, 0.2) is 83.3 Å². The van der Waals surface area contributed by atoms with Gasteiger partial charge in [-0.3, -0.25) is 9.59 Å². The highest BCUT2D eigenvalue weighted by molar-refractivity contribution is 9.10. The monoisotopic (exact) mass is 556 g/mol. The average molecular weight is 558 g/mol. The number of hydrogen-bond acceptors (Lipinski definition) is 3. The van der Waals surface area contributed by atoms with Crippen molar-refractivity contribution >= 4 is 39.3 Å². The molecule has 0 bridgehead atoms. The second-order valence-corrected chi connectivity index (χ2v) is 10.0. The van der Waals surface area contributed by atoms with Gasteiger partial charge in [0.05, 0.1) is 4.47 Å². The van der Waals surface area contributed by atoms with Crippen LogP contribution in [0.2, 0.25) is 5.02 Å². The molecule has 0 aliphatic heterocycles. The number of rotatable bonds is 11. The summed E-state index contributed by atoms with van der Waals surface area (Å²) >= 11 is 9.44. The Bertz CT molecular complexity index is 1110. The number of ether oxygens (including phenoxy) is 1. The number of carbonyl (C=O) groups excluding carboxylic acids is 2. The van der Waals surface area contributed by atoms with Crippen molar-refractivity contribution in [2.75, 3.05) is 13.2 Å². The van der Waals surface area contributed by atoms with Gasteiger partial charge in [-0.05, 0) is 51.2 Å². The zero-order chi connectivity index (χ0) is 25.2. The first-order valence-corrected chi connectivity index (χ1v) is 12.7. The van der Waals surface area contributed by atoms with Crippen LogP contribution in [-0.4, -0.2) is 35.9 Å². The maximum Gasteiger partial charge on any atom is 0.261 e. The first-order valence-electron chi connectivity index (χ1n) is 11.6. The number of halogens is 2. The number of amides is 2. The fourth-order valence-electron chi connectivity index (χ4n) is 3.57. The quantitative estimate of drug-likeness (QED) is 0.320. The summed E-state index contributed by atoms with van der Waals surface area (Å²) in [6, 6.07) is 23.8. The molecule has 0 saturated carbocycles. The lowest BCUT2D eigenvalue weighted by Gasteiger charge is -2.31. The van der Waals surface area contributed by atoms with E-state index in [1.807, 2.05) is 74.5 Å². The van der Waals surface area contributed by atoms with E-state index in [4.69, 9.17) is 16.3 Å². The van der Waals surface area contributed by atoms with E-state index < -0.39 is 6.04 Å². The van der Waals surface area contributed by atoms with Crippen molar-refractivity contribution in [3.8, 4) is 5.75 Å². The zero-order valence-corrected chi connectivity index (χ0v) is 22.3. The molecule has 184 valence electrons. The second kappa shape index (κ2) is 13.3. The third-order valence-corrected chi connectivity index (χ3v) is 6.25. The summed E-state index contributed by atoms with van der Waals surface area (Å²) in [7, 11) is 0. The molecule has 35 heavy (non-hydrogen) atoms. The third kappa shape index (κ3) is 8.41. The van der Waals surface area contributed by atoms with Gasteiger partial charge in [-0.25, -0.2) is 0 Å². The molecule has 0 heterocycles. The molecule has 7 heteroatoms. The van der Waals surface area contributed by atoms with Crippen molar-refractivity contribution in [2.45, 2.75) is 32.9 Å². The Morgan fingerprint density at radius 1 is 0.971 bits per heavy atom. The average Bonchev–Trinajstić information content (AvgIpc) is 2.85. The minimum Gasteiger partial charge on any atom is -0.483 e. The van der Waals surface area contributed by atoms with Gasteiger partial charge in [-0.15, -0.1) is 0 Å². The smallest absolute Gasteiger partial charge is 0.261 e. The summed E-state index contributed by atoms with van der Waals surface area (Å²) in [4.78, 5) is 28.6. The van der Waals surface area contributed by atoms with Gasteiger partial charge in [-0.1, -0.05) is 86.1 Å². The predicted octanol–water partition coefficient (Wildman–Crippen LogP) is 5.89. The molecule has 0 aromatic heterocycles. The van der Waals surface area contributed by atoms with Crippen molar-refractivity contribution in [1.29, 1.82) is 0 Å². The molecule has 0 fully saturated rings. The Hall–Kier alpha value is -2.83. The minimum absolute atomic E-state index is 0.181. The van der Waals surface area contributed by atoms with Crippen molar-refractivity contribution in [2.24, 2.45) is 5.92 Å². The predicted molar refractivity (Wildman–Crippen MR) is 143 cm³/mol. The van der Waals surface area contributed by atoms with Crippen LogP contribution in [0.5, 0.6) is 5.75 Å². The fourth-order valence-corrected chi connectivity index (χ4v) is 4.37. The van der Waals surface area contributed by atoms with Crippen molar-refractivity contribution in [3.05, 3.63) is 99.5 Å². The fraction of sp³-hybridized carbons (Fsp3) is 0.286. The van der Waals surface area contributed by atoms with Crippen LogP contribution in [0.25, 0.3) is 0 Å². The van der Waals surface area contributed by atoms with Crippen LogP contribution in [0, 0.1) is 5.92 Å². The Morgan fingerprint density at radius 2 is 1.60 bits per heavy atom. The molecule has 3 aromatic carbocycles. The SMILES string of the molecule is CC(C)CNC(=O)C(Cc1ccccc1)N(Cc1ccccc1)C(=O)COc1ccc(Cl)cc1Br. The zero-order valence-electron chi connectivity index (χ0n) is 19.9. The number of nitrogens with zero attached hydrogens (tertiary/aromatic N) is 1. The molecule has 2 amide bonds. The molecule has 0 aliphatic rings. The van der Waals surface area contributed by atoms with E-state index >= 15 is 0 Å². The summed E-state index contributed by atoms with van der Waals surface area (Å²) in [6.07, 6.45) is 0.397. The normalized spacial score (nSPS) is 11.7. The molecule has 0 spiro atoms. The molecule has 3 rings (SSSR count). The highest BCUT2D eigenvalue weighted by atomic mass is 79.9. The lowest BCUT2D eigenvalue weighted by molar-refractivity contribution is -0.142. The van der Waals surface area contributed by atoms with Crippen LogP contribution in [-0.2, 0) is 22.6 Å². The molecule has 5 nitrogen and oxygen atoms in total. The Balaban J connectivity index is 1.88. The van der Waals surface area contributed by atoms with Crippen molar-refractivity contribution < 1.29 is 14.3 Å². The Labute approximate surface area is 220 Å². The van der Waals surface area contributed by atoms with Crippen molar-refractivity contribution in [3.63, 3.8) is 0 Å². The van der Waals surface area contributed by atoms with E-state index in [1.165, 1.54) is 0 Å². The van der Waals surface area contributed by atoms with Gasteiger partial charge in [0.2, 0.25) is 5.91 Å². The number of nitrogens with one attached hydrogen (secondary N) is 1. The molecule has 1 atom stereocenters. The van der Waals surface area contributed by atoms with Gasteiger partial charge in [0.25, 0.3) is 5.91 Å². The van der Waals surface area contributed by atoms with E-state index in [9.17, 15) is 9.59 Å². The first kappa shape index (κ1) is 26.8. The first-order chi connectivity index (χ1) is 16.8. The molecular weight excluding hydrogens is 528 g/mol. The summed E-state index contributed by atoms with van der Waals surface area (Å²) in [5.41, 5.74) is 1.91. The van der Waals surface area contributed by atoms with Gasteiger partial charge >= 0.3 is 0 Å². The summed E-state index contributed by atoms with van der Waals surface area (Å²) in [6.45, 7) is 4.69. The van der Waals surface area contributed by atoms with E-state index in [0.717, 1.165) is 11.1 Å². The maximum absolute atomic E-state index is 13.6. The highest BCUT2D eigenvalue weighted by Gasteiger charge is 2.30. The molecular formula is C28H30BrClN2O3. The lowest BCUT2D eigenvalue weighted by atomic mass is 10.0. The molecule has 1 N–H and O–H groups in total. The summed E-state index contributed by atoms with van der Waals surface area (Å²) in [5.74, 6) is 0.335. The number of carbonyl (C=O) groups is 2. The molecule has 0 radical (unpaired) electrons. The van der Waals surface area contributed by atoms with E-state index in [1.54, 1.807) is 23.1 Å². The highest BCUT2D eigenvalue weighted by Crippen LogP contribution is 2.28. The van der Waals surface area contributed by atoms with Gasteiger partial charge < -0.3 is 15.0 Å². The van der Waals surface area contributed by atoms with Gasteiger partial charge in [0.15, 0.2) is 6.61 Å². The van der Waals surface area contributed by atoms with Crippen LogP contribution in [0.4, 0.5) is 0 Å². The molecule has 1 unspecified atom stereocenters. The Kier molecular flexibility index (Phi) is 10.2. The topological polar surface area (TPSA) is 58.6 Å². The lowest BCUT2D eigenvalue weighted by Crippen LogP contribution is -2.52. The minimum atomic E-state index is -0.693. The molecule has 3 aromatic rings. The standard InChI is InChI=1S/C28H30BrClN2O3/c1-20(2)17-31-28(34)25(15-21-9-5-3-6-10-21)32(18-22-11-7-4-8-12-22)27(33)19-35-26-14-13-23(30)16-24(26)29/h3-14,16,20,25H,15,17-19H2,1-2H3,(H,31,34). The summed E-state index contributed by atoms with van der Waals surface area (Å²) in [5, 5.41) is 3.58. The van der Waals surface area contributed by atoms with Gasteiger partial charge in [-0.2, -0.15) is 0 Å². The second-order valence-electron chi connectivity index (χ2n) is 8.72. The summed E-state index contributed by atoms with van der Waals surface area (Å²) < 4.78 is 6.48. The van der Waals surface area contributed by atoms with Gasteiger partial charge in [0.1, 0.15) is 11.8 Å². The van der Waals surface area contributed by atoms with Crippen LogP contribution in [0.3, 0.4) is 0 Å². The Morgan fingerprint density at radius 3 is 2.20 bits per heavy atom. The van der Waals surface area contributed by atoms with Crippen LogP contribution < -0.4 is 10.1 Å².